The maximum absolute atomic E-state index is 10.4. The van der Waals surface area contributed by atoms with Crippen molar-refractivity contribution in [1.82, 2.24) is 5.73 Å². The summed E-state index contributed by atoms with van der Waals surface area (Å²) in [6, 6.07) is 0. The van der Waals surface area contributed by atoms with Gasteiger partial charge in [0.25, 0.3) is 0 Å². The van der Waals surface area contributed by atoms with Gasteiger partial charge < -0.3 is 4.74 Å². The van der Waals surface area contributed by atoms with E-state index in [9.17, 15) is 4.79 Å². The Balaban J connectivity index is 2.31. The van der Waals surface area contributed by atoms with Crippen molar-refractivity contribution in [2.75, 3.05) is 13.2 Å². The van der Waals surface area contributed by atoms with Crippen LogP contribution >= 0.6 is 0 Å². The van der Waals surface area contributed by atoms with Gasteiger partial charge in [0.15, 0.2) is 0 Å². The van der Waals surface area contributed by atoms with Gasteiger partial charge in [0, 0.05) is 19.1 Å². The smallest absolute Gasteiger partial charge is 0.241 e. The van der Waals surface area contributed by atoms with Crippen LogP contribution in [0, 0.1) is 5.92 Å². The summed E-state index contributed by atoms with van der Waals surface area (Å²) in [6.45, 7) is 1.30. The zero-order valence-corrected chi connectivity index (χ0v) is 5.22. The summed E-state index contributed by atoms with van der Waals surface area (Å²) in [4.78, 5) is 10.4. The molecule has 0 atom stereocenters. The molecule has 1 fully saturated rings. The highest BCUT2D eigenvalue weighted by molar-refractivity contribution is 5.75. The van der Waals surface area contributed by atoms with E-state index < -0.39 is 5.91 Å². The van der Waals surface area contributed by atoms with Crippen LogP contribution in [0.3, 0.4) is 0 Å². The minimum absolute atomic E-state index is 0.0428. The second-order valence-corrected chi connectivity index (χ2v) is 2.25. The lowest BCUT2D eigenvalue weighted by Gasteiger charge is -2.17. The van der Waals surface area contributed by atoms with Crippen molar-refractivity contribution < 1.29 is 9.53 Å². The van der Waals surface area contributed by atoms with Crippen LogP contribution in [0.15, 0.2) is 0 Å². The lowest BCUT2D eigenvalue weighted by molar-refractivity contribution is -0.125. The SMILES string of the molecule is [NH]C(=O)C1CCOCC1. The summed E-state index contributed by atoms with van der Waals surface area (Å²) in [6.07, 6.45) is 1.48. The van der Waals surface area contributed by atoms with Crippen LogP contribution in [0.1, 0.15) is 12.8 Å². The Morgan fingerprint density at radius 3 is 2.33 bits per heavy atom. The number of carbonyl (C=O) groups excluding carboxylic acids is 1. The molecule has 1 N–H and O–H groups in total. The van der Waals surface area contributed by atoms with E-state index in [2.05, 4.69) is 0 Å². The van der Waals surface area contributed by atoms with Crippen LogP contribution in [0.2, 0.25) is 0 Å². The third-order valence-corrected chi connectivity index (χ3v) is 1.59. The molecule has 3 heteroatoms. The van der Waals surface area contributed by atoms with Crippen molar-refractivity contribution in [3.05, 3.63) is 0 Å². The highest BCUT2D eigenvalue weighted by Crippen LogP contribution is 2.13. The number of amides is 1. The van der Waals surface area contributed by atoms with Crippen LogP contribution in [0.5, 0.6) is 0 Å². The molecule has 1 rings (SSSR count). The molecule has 0 spiro atoms. The Hall–Kier alpha value is -0.570. The Morgan fingerprint density at radius 2 is 2.00 bits per heavy atom. The van der Waals surface area contributed by atoms with Crippen molar-refractivity contribution in [3.63, 3.8) is 0 Å². The summed E-state index contributed by atoms with van der Waals surface area (Å²) in [7, 11) is 0. The molecule has 1 saturated heterocycles. The quantitative estimate of drug-likeness (QED) is 0.507. The summed E-state index contributed by atoms with van der Waals surface area (Å²) < 4.78 is 5.01. The van der Waals surface area contributed by atoms with Crippen LogP contribution in [-0.4, -0.2) is 19.1 Å². The fourth-order valence-electron chi connectivity index (χ4n) is 0.960. The molecule has 51 valence electrons. The Bertz CT molecular complexity index is 108. The minimum atomic E-state index is -0.432. The van der Waals surface area contributed by atoms with Gasteiger partial charge in [0.05, 0.1) is 0 Å². The van der Waals surface area contributed by atoms with Gasteiger partial charge in [-0.3, -0.25) is 10.5 Å². The van der Waals surface area contributed by atoms with Gasteiger partial charge in [-0.05, 0) is 12.8 Å². The normalized spacial score (nSPS) is 21.8. The topological polar surface area (TPSA) is 50.1 Å². The van der Waals surface area contributed by atoms with E-state index in [-0.39, 0.29) is 5.92 Å². The largest absolute Gasteiger partial charge is 0.381 e. The zero-order chi connectivity index (χ0) is 6.69. The van der Waals surface area contributed by atoms with E-state index in [0.717, 1.165) is 12.8 Å². The maximum Gasteiger partial charge on any atom is 0.241 e. The summed E-state index contributed by atoms with van der Waals surface area (Å²) >= 11 is 0. The minimum Gasteiger partial charge on any atom is -0.381 e. The molecule has 3 nitrogen and oxygen atoms in total. The Morgan fingerprint density at radius 1 is 1.44 bits per heavy atom. The standard InChI is InChI=1S/C6H10NO2/c7-6(8)5-1-3-9-4-2-5/h5,7H,1-4H2. The molecule has 1 aliphatic rings. The molecule has 0 aromatic carbocycles. The molecule has 1 amide bonds. The highest BCUT2D eigenvalue weighted by Gasteiger charge is 2.18. The van der Waals surface area contributed by atoms with Crippen LogP contribution in [0.25, 0.3) is 0 Å². The molecule has 1 aliphatic heterocycles. The fraction of sp³-hybridized carbons (Fsp3) is 0.833. The van der Waals surface area contributed by atoms with Gasteiger partial charge in [0.2, 0.25) is 5.91 Å². The number of rotatable bonds is 1. The number of hydrogen-bond acceptors (Lipinski definition) is 2. The molecular weight excluding hydrogens is 118 g/mol. The van der Waals surface area contributed by atoms with Crippen molar-refractivity contribution in [2.45, 2.75) is 12.8 Å². The average molecular weight is 128 g/mol. The predicted molar refractivity (Wildman–Crippen MR) is 31.6 cm³/mol. The summed E-state index contributed by atoms with van der Waals surface area (Å²) in [5.41, 5.74) is 6.78. The van der Waals surface area contributed by atoms with E-state index in [0.29, 0.717) is 13.2 Å². The third kappa shape index (κ3) is 1.68. The molecule has 0 saturated carbocycles. The second kappa shape index (κ2) is 2.82. The number of nitrogens with one attached hydrogen (secondary N) is 1. The first kappa shape index (κ1) is 6.55. The highest BCUT2D eigenvalue weighted by atomic mass is 16.5. The van der Waals surface area contributed by atoms with E-state index >= 15 is 0 Å². The van der Waals surface area contributed by atoms with E-state index in [1.807, 2.05) is 0 Å². The van der Waals surface area contributed by atoms with Crippen LogP contribution < -0.4 is 5.73 Å². The maximum atomic E-state index is 10.4. The molecule has 1 radical (unpaired) electrons. The molecule has 0 aromatic heterocycles. The lowest BCUT2D eigenvalue weighted by Crippen LogP contribution is -2.23. The van der Waals surface area contributed by atoms with Crippen LogP contribution in [0.4, 0.5) is 0 Å². The van der Waals surface area contributed by atoms with E-state index in [1.165, 1.54) is 0 Å². The summed E-state index contributed by atoms with van der Waals surface area (Å²) in [5.74, 6) is -0.475. The van der Waals surface area contributed by atoms with Gasteiger partial charge in [-0.2, -0.15) is 0 Å². The van der Waals surface area contributed by atoms with Gasteiger partial charge >= 0.3 is 0 Å². The number of carbonyl (C=O) groups is 1. The van der Waals surface area contributed by atoms with Gasteiger partial charge in [0.1, 0.15) is 0 Å². The van der Waals surface area contributed by atoms with Crippen molar-refractivity contribution in [1.29, 1.82) is 0 Å². The van der Waals surface area contributed by atoms with Crippen molar-refractivity contribution >= 4 is 5.91 Å². The van der Waals surface area contributed by atoms with Gasteiger partial charge in [-0.15, -0.1) is 0 Å². The van der Waals surface area contributed by atoms with Crippen molar-refractivity contribution in [2.24, 2.45) is 5.92 Å². The van der Waals surface area contributed by atoms with E-state index in [4.69, 9.17) is 10.5 Å². The molecule has 0 unspecified atom stereocenters. The fourth-order valence-corrected chi connectivity index (χ4v) is 0.960. The number of hydrogen-bond donors (Lipinski definition) is 0. The molecule has 9 heavy (non-hydrogen) atoms. The lowest BCUT2D eigenvalue weighted by atomic mass is 10.0. The molecular formula is C6H10NO2. The van der Waals surface area contributed by atoms with Gasteiger partial charge in [-0.1, -0.05) is 0 Å². The summed E-state index contributed by atoms with van der Waals surface area (Å²) in [5, 5.41) is 0. The zero-order valence-electron chi connectivity index (χ0n) is 5.22. The average Bonchev–Trinajstić information content (AvgIpc) is 1.90. The molecule has 1 heterocycles. The Labute approximate surface area is 54.2 Å². The third-order valence-electron chi connectivity index (χ3n) is 1.59. The molecule has 0 aromatic rings. The first-order valence-electron chi connectivity index (χ1n) is 3.14. The van der Waals surface area contributed by atoms with E-state index in [1.54, 1.807) is 0 Å². The first-order chi connectivity index (χ1) is 4.30. The first-order valence-corrected chi connectivity index (χ1v) is 3.14. The molecule has 0 aliphatic carbocycles. The van der Waals surface area contributed by atoms with Crippen molar-refractivity contribution in [3.8, 4) is 0 Å². The monoisotopic (exact) mass is 128 g/mol. The molecule has 0 bridgehead atoms. The Kier molecular flexibility index (Phi) is 2.05. The number of ether oxygens (including phenoxy) is 1. The second-order valence-electron chi connectivity index (χ2n) is 2.25. The predicted octanol–water partition coefficient (Wildman–Crippen LogP) is 0.222. The van der Waals surface area contributed by atoms with Crippen LogP contribution in [-0.2, 0) is 9.53 Å². The van der Waals surface area contributed by atoms with Gasteiger partial charge in [-0.25, -0.2) is 0 Å².